The maximum atomic E-state index is 6.10. The molecule has 2 N–H and O–H groups in total. The minimum atomic E-state index is 0.415. The molecule has 0 fully saturated rings. The molecule has 3 aromatic rings. The second kappa shape index (κ2) is 6.19. The van der Waals surface area contributed by atoms with Crippen molar-refractivity contribution in [2.75, 3.05) is 10.6 Å². The van der Waals surface area contributed by atoms with Gasteiger partial charge in [-0.25, -0.2) is 0 Å². The zero-order valence-electron chi connectivity index (χ0n) is 11.0. The zero-order chi connectivity index (χ0) is 14.5. The van der Waals surface area contributed by atoms with Gasteiger partial charge >= 0.3 is 0 Å². The SMILES string of the molecule is Clc1ccccc1Nc1cnnc(Nc2ccccc2)n1. The largest absolute Gasteiger partial charge is 0.338 e. The van der Waals surface area contributed by atoms with Gasteiger partial charge < -0.3 is 10.6 Å². The van der Waals surface area contributed by atoms with Crippen molar-refractivity contribution in [2.24, 2.45) is 0 Å². The van der Waals surface area contributed by atoms with Gasteiger partial charge in [0.25, 0.3) is 0 Å². The topological polar surface area (TPSA) is 62.7 Å². The van der Waals surface area contributed by atoms with Crippen molar-refractivity contribution < 1.29 is 0 Å². The third kappa shape index (κ3) is 3.46. The minimum absolute atomic E-state index is 0.415. The third-order valence-corrected chi connectivity index (χ3v) is 3.05. The summed E-state index contributed by atoms with van der Waals surface area (Å²) < 4.78 is 0. The summed E-state index contributed by atoms with van der Waals surface area (Å²) in [7, 11) is 0. The van der Waals surface area contributed by atoms with Crippen LogP contribution in [0.3, 0.4) is 0 Å². The van der Waals surface area contributed by atoms with Gasteiger partial charge in [0.05, 0.1) is 16.9 Å². The quantitative estimate of drug-likeness (QED) is 0.762. The van der Waals surface area contributed by atoms with E-state index in [1.54, 1.807) is 6.20 Å². The molecule has 0 spiro atoms. The van der Waals surface area contributed by atoms with Crippen LogP contribution in [-0.4, -0.2) is 15.2 Å². The Hall–Kier alpha value is -2.66. The second-order valence-corrected chi connectivity index (χ2v) is 4.67. The number of nitrogens with one attached hydrogen (secondary N) is 2. The van der Waals surface area contributed by atoms with Crippen LogP contribution in [0.2, 0.25) is 5.02 Å². The number of anilines is 4. The molecule has 0 saturated carbocycles. The zero-order valence-corrected chi connectivity index (χ0v) is 11.7. The maximum absolute atomic E-state index is 6.10. The van der Waals surface area contributed by atoms with Crippen molar-refractivity contribution in [3.63, 3.8) is 0 Å². The maximum Gasteiger partial charge on any atom is 0.249 e. The molecule has 0 unspecified atom stereocenters. The number of benzene rings is 2. The van der Waals surface area contributed by atoms with Crippen molar-refractivity contribution in [1.29, 1.82) is 0 Å². The van der Waals surface area contributed by atoms with E-state index in [4.69, 9.17) is 11.6 Å². The lowest BCUT2D eigenvalue weighted by molar-refractivity contribution is 0.982. The van der Waals surface area contributed by atoms with Crippen LogP contribution < -0.4 is 10.6 Å². The molecule has 0 atom stereocenters. The van der Waals surface area contributed by atoms with Crippen LogP contribution in [0.15, 0.2) is 60.8 Å². The van der Waals surface area contributed by atoms with Crippen LogP contribution in [0.1, 0.15) is 0 Å². The summed E-state index contributed by atoms with van der Waals surface area (Å²) >= 11 is 6.10. The lowest BCUT2D eigenvalue weighted by Gasteiger charge is -2.08. The average molecular weight is 298 g/mol. The summed E-state index contributed by atoms with van der Waals surface area (Å²) in [5.41, 5.74) is 1.67. The first-order valence-corrected chi connectivity index (χ1v) is 6.72. The Morgan fingerprint density at radius 3 is 2.43 bits per heavy atom. The molecule has 0 saturated heterocycles. The van der Waals surface area contributed by atoms with Crippen molar-refractivity contribution in [3.05, 3.63) is 65.8 Å². The minimum Gasteiger partial charge on any atom is -0.338 e. The molecule has 1 aromatic heterocycles. The molecular formula is C15H12ClN5. The molecular weight excluding hydrogens is 286 g/mol. The predicted molar refractivity (Wildman–Crippen MR) is 84.3 cm³/mol. The molecule has 0 aliphatic rings. The summed E-state index contributed by atoms with van der Waals surface area (Å²) in [6.07, 6.45) is 1.54. The Labute approximate surface area is 127 Å². The van der Waals surface area contributed by atoms with Crippen LogP contribution in [0.25, 0.3) is 0 Å². The number of aromatic nitrogens is 3. The van der Waals surface area contributed by atoms with Gasteiger partial charge in [-0.1, -0.05) is 41.9 Å². The molecule has 104 valence electrons. The van der Waals surface area contributed by atoms with E-state index in [1.165, 1.54) is 0 Å². The fraction of sp³-hybridized carbons (Fsp3) is 0. The molecule has 21 heavy (non-hydrogen) atoms. The second-order valence-electron chi connectivity index (χ2n) is 4.26. The molecule has 0 aliphatic heterocycles. The Balaban J connectivity index is 1.79. The smallest absolute Gasteiger partial charge is 0.249 e. The lowest BCUT2D eigenvalue weighted by atomic mass is 10.3. The third-order valence-electron chi connectivity index (χ3n) is 2.73. The molecule has 3 rings (SSSR count). The first-order valence-electron chi connectivity index (χ1n) is 6.34. The summed E-state index contributed by atoms with van der Waals surface area (Å²) in [4.78, 5) is 4.35. The highest BCUT2D eigenvalue weighted by molar-refractivity contribution is 6.33. The molecule has 0 aliphatic carbocycles. The van der Waals surface area contributed by atoms with E-state index in [0.29, 0.717) is 16.8 Å². The predicted octanol–water partition coefficient (Wildman–Crippen LogP) is 4.01. The summed E-state index contributed by atoms with van der Waals surface area (Å²) in [5, 5.41) is 14.7. The molecule has 0 amide bonds. The number of para-hydroxylation sites is 2. The van der Waals surface area contributed by atoms with Gasteiger partial charge in [-0.3, -0.25) is 0 Å². The summed E-state index contributed by atoms with van der Waals surface area (Å²) in [5.74, 6) is 0.981. The molecule has 1 heterocycles. The Bertz CT molecular complexity index is 733. The summed E-state index contributed by atoms with van der Waals surface area (Å²) in [6.45, 7) is 0. The van der Waals surface area contributed by atoms with Crippen LogP contribution in [-0.2, 0) is 0 Å². The van der Waals surface area contributed by atoms with Gasteiger partial charge in [0, 0.05) is 5.69 Å². The van der Waals surface area contributed by atoms with Crippen LogP contribution in [0.4, 0.5) is 23.1 Å². The van der Waals surface area contributed by atoms with Gasteiger partial charge in [-0.05, 0) is 24.3 Å². The molecule has 5 nitrogen and oxygen atoms in total. The van der Waals surface area contributed by atoms with Gasteiger partial charge in [-0.15, -0.1) is 5.10 Å². The fourth-order valence-corrected chi connectivity index (χ4v) is 1.95. The van der Waals surface area contributed by atoms with E-state index in [2.05, 4.69) is 25.8 Å². The highest BCUT2D eigenvalue weighted by Crippen LogP contribution is 2.24. The van der Waals surface area contributed by atoms with Crippen LogP contribution in [0.5, 0.6) is 0 Å². The number of halogens is 1. The van der Waals surface area contributed by atoms with Crippen molar-refractivity contribution in [2.45, 2.75) is 0 Å². The average Bonchev–Trinajstić information content (AvgIpc) is 2.51. The molecule has 6 heteroatoms. The van der Waals surface area contributed by atoms with Crippen LogP contribution >= 0.6 is 11.6 Å². The molecule has 0 radical (unpaired) electrons. The van der Waals surface area contributed by atoms with E-state index in [-0.39, 0.29) is 0 Å². The number of hydrogen-bond acceptors (Lipinski definition) is 5. The standard InChI is InChI=1S/C15H12ClN5/c16-12-8-4-5-9-13(12)19-14-10-17-21-15(20-14)18-11-6-2-1-3-7-11/h1-10H,(H2,18,19,20,21). The van der Waals surface area contributed by atoms with E-state index in [9.17, 15) is 0 Å². The fourth-order valence-electron chi connectivity index (χ4n) is 1.77. The van der Waals surface area contributed by atoms with Crippen LogP contribution in [0, 0.1) is 0 Å². The van der Waals surface area contributed by atoms with Gasteiger partial charge in [0.2, 0.25) is 5.95 Å². The normalized spacial score (nSPS) is 10.1. The molecule has 0 bridgehead atoms. The Kier molecular flexibility index (Phi) is 3.93. The number of hydrogen-bond donors (Lipinski definition) is 2. The van der Waals surface area contributed by atoms with E-state index in [1.807, 2.05) is 54.6 Å². The lowest BCUT2D eigenvalue weighted by Crippen LogP contribution is -2.02. The van der Waals surface area contributed by atoms with E-state index < -0.39 is 0 Å². The van der Waals surface area contributed by atoms with E-state index >= 15 is 0 Å². The highest BCUT2D eigenvalue weighted by atomic mass is 35.5. The van der Waals surface area contributed by atoms with Gasteiger partial charge in [0.15, 0.2) is 5.82 Å². The van der Waals surface area contributed by atoms with Crippen molar-refractivity contribution in [1.82, 2.24) is 15.2 Å². The number of rotatable bonds is 4. The first kappa shape index (κ1) is 13.3. The van der Waals surface area contributed by atoms with Crippen molar-refractivity contribution in [3.8, 4) is 0 Å². The Morgan fingerprint density at radius 1 is 0.857 bits per heavy atom. The van der Waals surface area contributed by atoms with Gasteiger partial charge in [-0.2, -0.15) is 10.1 Å². The Morgan fingerprint density at radius 2 is 1.62 bits per heavy atom. The highest BCUT2D eigenvalue weighted by Gasteiger charge is 2.03. The molecule has 2 aromatic carbocycles. The van der Waals surface area contributed by atoms with E-state index in [0.717, 1.165) is 11.4 Å². The number of nitrogens with zero attached hydrogens (tertiary/aromatic N) is 3. The van der Waals surface area contributed by atoms with Gasteiger partial charge in [0.1, 0.15) is 0 Å². The first-order chi connectivity index (χ1) is 10.3. The van der Waals surface area contributed by atoms with Crippen molar-refractivity contribution >= 4 is 34.7 Å². The summed E-state index contributed by atoms with van der Waals surface area (Å²) in [6, 6.07) is 17.1. The monoisotopic (exact) mass is 297 g/mol.